The van der Waals surface area contributed by atoms with Crippen molar-refractivity contribution in [2.45, 2.75) is 32.1 Å². The minimum Gasteiger partial charge on any atom is -0.119 e. The lowest BCUT2D eigenvalue weighted by Crippen LogP contribution is -1.95. The zero-order valence-electron chi connectivity index (χ0n) is 10.3. The molecule has 0 amide bonds. The molecular formula is C17H18. The second kappa shape index (κ2) is 5.55. The van der Waals surface area contributed by atoms with Crippen LogP contribution in [0.3, 0.4) is 0 Å². The monoisotopic (exact) mass is 222 g/mol. The first kappa shape index (κ1) is 11.7. The van der Waals surface area contributed by atoms with E-state index in [-0.39, 0.29) is 5.92 Å². The van der Waals surface area contributed by atoms with Gasteiger partial charge in [-0.1, -0.05) is 62.1 Å². The Morgan fingerprint density at radius 1 is 1.12 bits per heavy atom. The fourth-order valence-electron chi connectivity index (χ4n) is 2.18. The van der Waals surface area contributed by atoms with Gasteiger partial charge in [-0.3, -0.25) is 0 Å². The van der Waals surface area contributed by atoms with Crippen molar-refractivity contribution in [2.75, 3.05) is 0 Å². The molecule has 2 aromatic carbocycles. The molecule has 0 nitrogen and oxygen atoms in total. The second-order valence-electron chi connectivity index (χ2n) is 4.47. The van der Waals surface area contributed by atoms with Crippen molar-refractivity contribution in [2.24, 2.45) is 0 Å². The number of benzene rings is 2. The van der Waals surface area contributed by atoms with Crippen LogP contribution in [0.5, 0.6) is 0 Å². The Morgan fingerprint density at radius 3 is 2.59 bits per heavy atom. The van der Waals surface area contributed by atoms with E-state index in [0.717, 1.165) is 6.42 Å². The predicted octanol–water partition coefficient (Wildman–Crippen LogP) is 4.75. The first-order valence-electron chi connectivity index (χ1n) is 6.30. The van der Waals surface area contributed by atoms with Gasteiger partial charge in [0, 0.05) is 5.92 Å². The third-order valence-corrected chi connectivity index (χ3v) is 3.22. The fraction of sp³-hybridized carbons (Fsp3) is 0.294. The molecule has 86 valence electrons. The van der Waals surface area contributed by atoms with Crippen molar-refractivity contribution >= 4 is 10.8 Å². The Kier molecular flexibility index (Phi) is 3.83. The highest BCUT2D eigenvalue weighted by Crippen LogP contribution is 2.25. The normalized spacial score (nSPS) is 12.2. The van der Waals surface area contributed by atoms with Crippen LogP contribution < -0.4 is 0 Å². The number of unbranched alkanes of at least 4 members (excludes halogenated alkanes) is 1. The molecule has 1 atom stereocenters. The third kappa shape index (κ3) is 2.68. The van der Waals surface area contributed by atoms with Gasteiger partial charge in [0.2, 0.25) is 0 Å². The molecule has 0 radical (unpaired) electrons. The molecule has 2 rings (SSSR count). The molecule has 0 spiro atoms. The zero-order chi connectivity index (χ0) is 12.1. The zero-order valence-corrected chi connectivity index (χ0v) is 10.3. The average molecular weight is 222 g/mol. The number of hydrogen-bond acceptors (Lipinski definition) is 0. The van der Waals surface area contributed by atoms with E-state index < -0.39 is 0 Å². The van der Waals surface area contributed by atoms with Gasteiger partial charge in [0.1, 0.15) is 0 Å². The fourth-order valence-corrected chi connectivity index (χ4v) is 2.18. The summed E-state index contributed by atoms with van der Waals surface area (Å²) in [6.07, 6.45) is 9.12. The molecule has 0 heteroatoms. The summed E-state index contributed by atoms with van der Waals surface area (Å²) in [5.41, 5.74) is 1.28. The van der Waals surface area contributed by atoms with Gasteiger partial charge in [0.25, 0.3) is 0 Å². The smallest absolute Gasteiger partial charge is 0.0449 e. The van der Waals surface area contributed by atoms with Crippen molar-refractivity contribution in [3.8, 4) is 12.3 Å². The molecule has 0 fully saturated rings. The van der Waals surface area contributed by atoms with E-state index in [0.29, 0.717) is 0 Å². The predicted molar refractivity (Wildman–Crippen MR) is 75.0 cm³/mol. The van der Waals surface area contributed by atoms with Gasteiger partial charge in [-0.15, -0.1) is 6.42 Å². The molecule has 0 aliphatic carbocycles. The minimum absolute atomic E-state index is 0.263. The van der Waals surface area contributed by atoms with Crippen molar-refractivity contribution in [3.05, 3.63) is 48.0 Å². The Labute approximate surface area is 104 Å². The quantitative estimate of drug-likeness (QED) is 0.655. The van der Waals surface area contributed by atoms with E-state index >= 15 is 0 Å². The van der Waals surface area contributed by atoms with Crippen LogP contribution in [0.15, 0.2) is 42.5 Å². The summed E-state index contributed by atoms with van der Waals surface area (Å²) < 4.78 is 0. The van der Waals surface area contributed by atoms with Crippen LogP contribution in [0.2, 0.25) is 0 Å². The largest absolute Gasteiger partial charge is 0.119 e. The second-order valence-corrected chi connectivity index (χ2v) is 4.47. The summed E-state index contributed by atoms with van der Waals surface area (Å²) >= 11 is 0. The van der Waals surface area contributed by atoms with Crippen LogP contribution in [0.1, 0.15) is 37.7 Å². The number of terminal acetylenes is 1. The molecule has 0 saturated heterocycles. The van der Waals surface area contributed by atoms with Crippen LogP contribution in [-0.2, 0) is 0 Å². The van der Waals surface area contributed by atoms with Crippen LogP contribution in [-0.4, -0.2) is 0 Å². The standard InChI is InChI=1S/C17H18/c1-3-5-8-14(4-2)17-12-11-15-9-6-7-10-16(15)13-17/h2,6-7,9-14H,3,5,8H2,1H3. The van der Waals surface area contributed by atoms with Crippen LogP contribution in [0.4, 0.5) is 0 Å². The SMILES string of the molecule is C#CC(CCCC)c1ccc2ccccc2c1. The van der Waals surface area contributed by atoms with Crippen LogP contribution in [0.25, 0.3) is 10.8 Å². The molecule has 0 saturated carbocycles. The number of rotatable bonds is 4. The van der Waals surface area contributed by atoms with Crippen molar-refractivity contribution < 1.29 is 0 Å². The van der Waals surface area contributed by atoms with Crippen molar-refractivity contribution in [1.82, 2.24) is 0 Å². The van der Waals surface area contributed by atoms with E-state index in [2.05, 4.69) is 55.3 Å². The highest BCUT2D eigenvalue weighted by atomic mass is 14.1. The Hall–Kier alpha value is -1.74. The van der Waals surface area contributed by atoms with E-state index in [1.807, 2.05) is 0 Å². The van der Waals surface area contributed by atoms with Crippen LogP contribution >= 0.6 is 0 Å². The van der Waals surface area contributed by atoms with E-state index in [4.69, 9.17) is 6.42 Å². The van der Waals surface area contributed by atoms with Crippen molar-refractivity contribution in [1.29, 1.82) is 0 Å². The molecule has 2 aromatic rings. The Bertz CT molecular complexity index is 531. The molecule has 17 heavy (non-hydrogen) atoms. The summed E-state index contributed by atoms with van der Waals surface area (Å²) in [5, 5.41) is 2.56. The van der Waals surface area contributed by atoms with Gasteiger partial charge in [0.15, 0.2) is 0 Å². The summed E-state index contributed by atoms with van der Waals surface area (Å²) in [4.78, 5) is 0. The van der Waals surface area contributed by atoms with Gasteiger partial charge in [0.05, 0.1) is 0 Å². The lowest BCUT2D eigenvalue weighted by Gasteiger charge is -2.11. The number of hydrogen-bond donors (Lipinski definition) is 0. The van der Waals surface area contributed by atoms with Gasteiger partial charge in [-0.2, -0.15) is 0 Å². The Balaban J connectivity index is 2.31. The van der Waals surface area contributed by atoms with E-state index in [9.17, 15) is 0 Å². The lowest BCUT2D eigenvalue weighted by molar-refractivity contribution is 0.676. The molecule has 0 aliphatic rings. The summed E-state index contributed by atoms with van der Waals surface area (Å²) in [7, 11) is 0. The Morgan fingerprint density at radius 2 is 1.88 bits per heavy atom. The molecule has 0 bridgehead atoms. The topological polar surface area (TPSA) is 0 Å². The molecule has 0 aliphatic heterocycles. The van der Waals surface area contributed by atoms with Gasteiger partial charge in [-0.05, 0) is 28.8 Å². The van der Waals surface area contributed by atoms with Gasteiger partial charge < -0.3 is 0 Å². The van der Waals surface area contributed by atoms with Gasteiger partial charge in [-0.25, -0.2) is 0 Å². The maximum atomic E-state index is 5.64. The third-order valence-electron chi connectivity index (χ3n) is 3.22. The van der Waals surface area contributed by atoms with Crippen molar-refractivity contribution in [3.63, 3.8) is 0 Å². The summed E-state index contributed by atoms with van der Waals surface area (Å²) in [5.74, 6) is 3.18. The number of fused-ring (bicyclic) bond motifs is 1. The lowest BCUT2D eigenvalue weighted by atomic mass is 9.92. The molecule has 0 heterocycles. The average Bonchev–Trinajstić information content (AvgIpc) is 2.39. The minimum atomic E-state index is 0.263. The van der Waals surface area contributed by atoms with E-state index in [1.54, 1.807) is 0 Å². The molecular weight excluding hydrogens is 204 g/mol. The van der Waals surface area contributed by atoms with Gasteiger partial charge >= 0.3 is 0 Å². The molecule has 0 aromatic heterocycles. The molecule has 1 unspecified atom stereocenters. The molecule has 0 N–H and O–H groups in total. The highest BCUT2D eigenvalue weighted by molar-refractivity contribution is 5.83. The first-order chi connectivity index (χ1) is 8.35. The van der Waals surface area contributed by atoms with E-state index in [1.165, 1.54) is 29.2 Å². The van der Waals surface area contributed by atoms with Crippen LogP contribution in [0, 0.1) is 12.3 Å². The highest BCUT2D eigenvalue weighted by Gasteiger charge is 2.07. The maximum absolute atomic E-state index is 5.64. The first-order valence-corrected chi connectivity index (χ1v) is 6.30. The summed E-state index contributed by atoms with van der Waals surface area (Å²) in [6.45, 7) is 2.20. The summed E-state index contributed by atoms with van der Waals surface area (Å²) in [6, 6.07) is 15.0. The maximum Gasteiger partial charge on any atom is 0.0449 e.